The lowest BCUT2D eigenvalue weighted by Gasteiger charge is -2.08. The summed E-state index contributed by atoms with van der Waals surface area (Å²) in [7, 11) is 0. The number of benzene rings is 2. The third-order valence-corrected chi connectivity index (χ3v) is 6.42. The number of allylic oxidation sites excluding steroid dienone is 1. The number of halogens is 1. The average Bonchev–Trinajstić information content (AvgIpc) is 3.31. The Hall–Kier alpha value is -3.71. The second-order valence-electron chi connectivity index (χ2n) is 8.34. The Labute approximate surface area is 194 Å². The Bertz CT molecular complexity index is 1560. The highest BCUT2D eigenvalue weighted by Gasteiger charge is 2.23. The van der Waals surface area contributed by atoms with Crippen molar-refractivity contribution in [3.8, 4) is 5.69 Å². The van der Waals surface area contributed by atoms with Crippen LogP contribution in [0.2, 0.25) is 5.15 Å². The zero-order chi connectivity index (χ0) is 23.4. The summed E-state index contributed by atoms with van der Waals surface area (Å²) in [5, 5.41) is 14.9. The average molecular weight is 461 g/mol. The van der Waals surface area contributed by atoms with Crippen LogP contribution in [0.15, 0.2) is 41.2 Å². The summed E-state index contributed by atoms with van der Waals surface area (Å²) in [5.41, 5.74) is 5.78. The quantitative estimate of drug-likeness (QED) is 0.474. The van der Waals surface area contributed by atoms with E-state index in [0.29, 0.717) is 34.8 Å². The summed E-state index contributed by atoms with van der Waals surface area (Å²) in [5.74, 6) is -0.527. The molecule has 2 aromatic heterocycles. The Morgan fingerprint density at radius 3 is 2.70 bits per heavy atom. The summed E-state index contributed by atoms with van der Waals surface area (Å²) in [6, 6.07) is 10.5. The largest absolute Gasteiger partial charge is 0.478 e. The number of nitrogens with zero attached hydrogens (tertiary/aromatic N) is 4. The highest BCUT2D eigenvalue weighted by Crippen LogP contribution is 2.32. The molecule has 0 spiro atoms. The summed E-state index contributed by atoms with van der Waals surface area (Å²) < 4.78 is 3.37. The van der Waals surface area contributed by atoms with Crippen LogP contribution in [-0.4, -0.2) is 30.4 Å². The minimum Gasteiger partial charge on any atom is -0.478 e. The highest BCUT2D eigenvalue weighted by molar-refractivity contribution is 6.31. The third-order valence-electron chi connectivity index (χ3n) is 6.05. The zero-order valence-corrected chi connectivity index (χ0v) is 19.1. The van der Waals surface area contributed by atoms with Crippen LogP contribution in [0.3, 0.4) is 0 Å². The van der Waals surface area contributed by atoms with E-state index < -0.39 is 5.97 Å². The smallest absolute Gasteiger partial charge is 0.335 e. The molecule has 0 unspecified atom stereocenters. The van der Waals surface area contributed by atoms with Gasteiger partial charge in [0.1, 0.15) is 11.0 Å². The Morgan fingerprint density at radius 1 is 1.15 bits per heavy atom. The fourth-order valence-electron chi connectivity index (χ4n) is 4.24. The van der Waals surface area contributed by atoms with E-state index in [1.54, 1.807) is 9.25 Å². The summed E-state index contributed by atoms with van der Waals surface area (Å²) in [6.45, 7) is 6.44. The molecule has 33 heavy (non-hydrogen) atoms. The van der Waals surface area contributed by atoms with Gasteiger partial charge in [-0.25, -0.2) is 14.5 Å². The molecule has 0 amide bonds. The van der Waals surface area contributed by atoms with Crippen LogP contribution in [0, 0.1) is 20.8 Å². The van der Waals surface area contributed by atoms with Crippen LogP contribution < -0.4 is 5.56 Å². The Balaban J connectivity index is 1.65. The molecule has 1 aliphatic rings. The van der Waals surface area contributed by atoms with Gasteiger partial charge in [0.05, 0.1) is 27.8 Å². The van der Waals surface area contributed by atoms with Crippen molar-refractivity contribution in [2.24, 2.45) is 0 Å². The van der Waals surface area contributed by atoms with Gasteiger partial charge in [0.25, 0.3) is 5.56 Å². The molecule has 0 radical (unpaired) electrons. The first kappa shape index (κ1) is 21.2. The highest BCUT2D eigenvalue weighted by atomic mass is 35.5. The van der Waals surface area contributed by atoms with Crippen molar-refractivity contribution in [3.63, 3.8) is 0 Å². The van der Waals surface area contributed by atoms with Crippen molar-refractivity contribution in [3.05, 3.63) is 85.7 Å². The fraction of sp³-hybridized carbons (Fsp3) is 0.200. The van der Waals surface area contributed by atoms with Gasteiger partial charge in [-0.3, -0.25) is 9.36 Å². The van der Waals surface area contributed by atoms with Gasteiger partial charge >= 0.3 is 5.97 Å². The molecule has 0 fully saturated rings. The predicted molar refractivity (Wildman–Crippen MR) is 128 cm³/mol. The number of hydrogen-bond acceptors (Lipinski definition) is 4. The lowest BCUT2D eigenvalue weighted by Crippen LogP contribution is -2.21. The van der Waals surface area contributed by atoms with Gasteiger partial charge in [-0.1, -0.05) is 23.7 Å². The topological polar surface area (TPSA) is 90.0 Å². The third kappa shape index (κ3) is 3.45. The van der Waals surface area contributed by atoms with Gasteiger partial charge in [0, 0.05) is 12.1 Å². The van der Waals surface area contributed by atoms with E-state index in [2.05, 4.69) is 10.1 Å². The van der Waals surface area contributed by atoms with Crippen molar-refractivity contribution < 1.29 is 9.90 Å². The van der Waals surface area contributed by atoms with Crippen molar-refractivity contribution in [2.75, 3.05) is 0 Å². The maximum absolute atomic E-state index is 13.0. The first-order chi connectivity index (χ1) is 15.7. The summed E-state index contributed by atoms with van der Waals surface area (Å²) in [4.78, 5) is 29.0. The molecule has 3 heterocycles. The zero-order valence-electron chi connectivity index (χ0n) is 18.4. The number of fused-ring (bicyclic) bond motifs is 2. The van der Waals surface area contributed by atoms with E-state index in [0.717, 1.165) is 33.6 Å². The Morgan fingerprint density at radius 2 is 1.94 bits per heavy atom. The van der Waals surface area contributed by atoms with E-state index in [9.17, 15) is 14.7 Å². The molecule has 0 aliphatic carbocycles. The van der Waals surface area contributed by atoms with Crippen molar-refractivity contribution in [1.29, 1.82) is 0 Å². The minimum absolute atomic E-state index is 0.0940. The molecule has 0 saturated heterocycles. The Kier molecular flexibility index (Phi) is 4.94. The van der Waals surface area contributed by atoms with Crippen molar-refractivity contribution in [1.82, 2.24) is 19.3 Å². The van der Waals surface area contributed by atoms with Crippen LogP contribution in [0.1, 0.15) is 45.0 Å². The van der Waals surface area contributed by atoms with Crippen molar-refractivity contribution in [2.45, 2.75) is 33.7 Å². The number of carbonyl (C=O) groups is 1. The molecule has 8 heteroatoms. The second-order valence-corrected chi connectivity index (χ2v) is 8.70. The molecular weight excluding hydrogens is 440 g/mol. The first-order valence-electron chi connectivity index (χ1n) is 10.6. The van der Waals surface area contributed by atoms with E-state index in [1.165, 1.54) is 18.2 Å². The fourth-order valence-corrected chi connectivity index (χ4v) is 4.56. The number of aromatic carboxylic acids is 1. The number of rotatable bonds is 3. The minimum atomic E-state index is -1.06. The van der Waals surface area contributed by atoms with Crippen LogP contribution >= 0.6 is 11.6 Å². The number of aromatic nitrogens is 4. The second kappa shape index (κ2) is 7.71. The number of carboxylic acids is 1. The van der Waals surface area contributed by atoms with Crippen LogP contribution in [0.4, 0.5) is 0 Å². The van der Waals surface area contributed by atoms with E-state index in [1.807, 2.05) is 45.0 Å². The number of carboxylic acid groups (broad SMARTS) is 1. The maximum Gasteiger partial charge on any atom is 0.335 e. The van der Waals surface area contributed by atoms with Gasteiger partial charge in [-0.05, 0) is 74.2 Å². The molecule has 1 aliphatic heterocycles. The number of aryl methyl sites for hydroxylation is 3. The molecule has 0 saturated carbocycles. The molecule has 7 nitrogen and oxygen atoms in total. The lowest BCUT2D eigenvalue weighted by molar-refractivity contribution is 0.0697. The van der Waals surface area contributed by atoms with Crippen LogP contribution in [0.5, 0.6) is 0 Å². The van der Waals surface area contributed by atoms with E-state index >= 15 is 0 Å². The van der Waals surface area contributed by atoms with E-state index in [4.69, 9.17) is 11.6 Å². The summed E-state index contributed by atoms with van der Waals surface area (Å²) in [6.07, 6.45) is 2.55. The van der Waals surface area contributed by atoms with Gasteiger partial charge in [-0.15, -0.1) is 0 Å². The monoisotopic (exact) mass is 460 g/mol. The van der Waals surface area contributed by atoms with E-state index in [-0.39, 0.29) is 11.1 Å². The SMILES string of the molecule is Cc1ccc(C)c(-n2nc(C)c(C=C3CCn4c3nc3cc(C(=O)O)ccc3c4=O)c2Cl)c1. The number of hydrogen-bond donors (Lipinski definition) is 1. The van der Waals surface area contributed by atoms with Gasteiger partial charge in [0.2, 0.25) is 0 Å². The molecule has 1 N–H and O–H groups in total. The first-order valence-corrected chi connectivity index (χ1v) is 10.9. The predicted octanol–water partition coefficient (Wildman–Crippen LogP) is 4.80. The van der Waals surface area contributed by atoms with Gasteiger partial charge < -0.3 is 5.11 Å². The molecular formula is C25H21ClN4O3. The van der Waals surface area contributed by atoms with Crippen molar-refractivity contribution >= 4 is 40.1 Å². The summed E-state index contributed by atoms with van der Waals surface area (Å²) >= 11 is 6.78. The molecule has 5 rings (SSSR count). The molecule has 0 atom stereocenters. The maximum atomic E-state index is 13.0. The molecule has 2 aromatic carbocycles. The normalized spacial score (nSPS) is 14.2. The van der Waals surface area contributed by atoms with Crippen LogP contribution in [-0.2, 0) is 6.54 Å². The molecule has 4 aromatic rings. The van der Waals surface area contributed by atoms with Gasteiger partial charge in [-0.2, -0.15) is 5.10 Å². The standard InChI is InChI=1S/C25H21ClN4O3/c1-13-4-5-14(2)21(10-13)30-22(26)19(15(3)28-30)11-16-8-9-29-23(16)27-20-12-17(25(32)33)6-7-18(20)24(29)31/h4-7,10-12H,8-9H2,1-3H3,(H,32,33). The van der Waals surface area contributed by atoms with Gasteiger partial charge in [0.15, 0.2) is 0 Å². The van der Waals surface area contributed by atoms with Crippen LogP contribution in [0.25, 0.3) is 28.2 Å². The molecule has 166 valence electrons. The molecule has 0 bridgehead atoms. The lowest BCUT2D eigenvalue weighted by atomic mass is 10.1.